The smallest absolute Gasteiger partial charge is 0.264 e. The van der Waals surface area contributed by atoms with E-state index in [0.29, 0.717) is 21.4 Å². The van der Waals surface area contributed by atoms with Crippen LogP contribution >= 0.6 is 35.0 Å². The Morgan fingerprint density at radius 1 is 1.02 bits per heavy atom. The van der Waals surface area contributed by atoms with Crippen molar-refractivity contribution in [1.29, 1.82) is 0 Å². The number of benzene rings is 3. The number of thioether (sulfide) groups is 1. The van der Waals surface area contributed by atoms with Gasteiger partial charge in [0.25, 0.3) is 10.0 Å². The highest BCUT2D eigenvalue weighted by atomic mass is 35.5. The summed E-state index contributed by atoms with van der Waals surface area (Å²) in [5.74, 6) is -0.714. The third-order valence-electron chi connectivity index (χ3n) is 6.38. The van der Waals surface area contributed by atoms with Crippen molar-refractivity contribution in [2.24, 2.45) is 0 Å². The minimum atomic E-state index is -4.26. The Labute approximate surface area is 268 Å². The van der Waals surface area contributed by atoms with Crippen LogP contribution in [0.15, 0.2) is 76.5 Å². The van der Waals surface area contributed by atoms with Crippen LogP contribution in [0.3, 0.4) is 0 Å². The Morgan fingerprint density at radius 2 is 1.67 bits per heavy atom. The van der Waals surface area contributed by atoms with Gasteiger partial charge in [-0.05, 0) is 95.0 Å². The van der Waals surface area contributed by atoms with Crippen molar-refractivity contribution in [3.05, 3.63) is 82.3 Å². The molecular weight excluding hydrogens is 629 g/mol. The van der Waals surface area contributed by atoms with Gasteiger partial charge in [0.15, 0.2) is 0 Å². The van der Waals surface area contributed by atoms with Gasteiger partial charge in [-0.15, -0.1) is 11.8 Å². The van der Waals surface area contributed by atoms with E-state index in [1.165, 1.54) is 28.8 Å². The molecule has 0 saturated heterocycles. The number of nitrogens with one attached hydrogen (secondary N) is 1. The maximum atomic E-state index is 14.2. The highest BCUT2D eigenvalue weighted by Crippen LogP contribution is 2.33. The summed E-state index contributed by atoms with van der Waals surface area (Å²) in [6, 6.07) is 17.0. The summed E-state index contributed by atoms with van der Waals surface area (Å²) in [5.41, 5.74) is 0.182. The number of nitrogens with zero attached hydrogens (tertiary/aromatic N) is 2. The van der Waals surface area contributed by atoms with Crippen LogP contribution in [0.25, 0.3) is 0 Å². The van der Waals surface area contributed by atoms with Gasteiger partial charge in [0.2, 0.25) is 11.8 Å². The summed E-state index contributed by atoms with van der Waals surface area (Å²) in [7, 11) is -4.26. The fourth-order valence-electron chi connectivity index (χ4n) is 4.22. The van der Waals surface area contributed by atoms with E-state index in [1.807, 2.05) is 27.0 Å². The summed E-state index contributed by atoms with van der Waals surface area (Å²) in [4.78, 5) is 29.7. The van der Waals surface area contributed by atoms with Crippen molar-refractivity contribution >= 4 is 62.5 Å². The fraction of sp³-hybridized carbons (Fsp3) is 0.355. The Balaban J connectivity index is 2.11. The zero-order valence-corrected chi connectivity index (χ0v) is 28.2. The molecule has 3 aromatic carbocycles. The second-order valence-electron chi connectivity index (χ2n) is 10.8. The average Bonchev–Trinajstić information content (AvgIpc) is 2.94. The number of amides is 2. The zero-order valence-electron chi connectivity index (χ0n) is 25.1. The molecule has 0 saturated carbocycles. The van der Waals surface area contributed by atoms with Crippen LogP contribution in [-0.2, 0) is 26.2 Å². The fourth-order valence-corrected chi connectivity index (χ4v) is 6.52. The number of carbonyl (C=O) groups is 2. The van der Waals surface area contributed by atoms with Gasteiger partial charge in [0.1, 0.15) is 18.3 Å². The van der Waals surface area contributed by atoms with Gasteiger partial charge in [0, 0.05) is 27.0 Å². The molecule has 1 atom stereocenters. The zero-order chi connectivity index (χ0) is 31.9. The lowest BCUT2D eigenvalue weighted by Gasteiger charge is -2.34. The quantitative estimate of drug-likeness (QED) is 0.218. The first-order chi connectivity index (χ1) is 20.2. The van der Waals surface area contributed by atoms with Crippen molar-refractivity contribution in [3.63, 3.8) is 0 Å². The van der Waals surface area contributed by atoms with Crippen molar-refractivity contribution in [1.82, 2.24) is 10.2 Å². The molecule has 0 aromatic heterocycles. The van der Waals surface area contributed by atoms with E-state index in [9.17, 15) is 18.0 Å². The van der Waals surface area contributed by atoms with E-state index < -0.39 is 40.0 Å². The number of hydrogen-bond acceptors (Lipinski definition) is 6. The van der Waals surface area contributed by atoms with Gasteiger partial charge in [0.05, 0.1) is 17.2 Å². The first-order valence-corrected chi connectivity index (χ1v) is 17.0. The van der Waals surface area contributed by atoms with Crippen LogP contribution in [-0.4, -0.2) is 56.1 Å². The van der Waals surface area contributed by atoms with E-state index in [2.05, 4.69) is 5.32 Å². The molecule has 1 N–H and O–H groups in total. The summed E-state index contributed by atoms with van der Waals surface area (Å²) >= 11 is 14.0. The Morgan fingerprint density at radius 3 is 2.26 bits per heavy atom. The van der Waals surface area contributed by atoms with E-state index in [1.54, 1.807) is 68.4 Å². The van der Waals surface area contributed by atoms with Gasteiger partial charge in [-0.1, -0.05) is 41.4 Å². The molecule has 43 heavy (non-hydrogen) atoms. The highest BCUT2D eigenvalue weighted by molar-refractivity contribution is 7.98. The molecule has 0 aliphatic rings. The van der Waals surface area contributed by atoms with Crippen LogP contribution in [0.5, 0.6) is 5.75 Å². The number of ether oxygens (including phenoxy) is 1. The molecule has 0 radical (unpaired) electrons. The summed E-state index contributed by atoms with van der Waals surface area (Å²) in [6.45, 7) is 8.51. The molecule has 232 valence electrons. The van der Waals surface area contributed by atoms with E-state index in [0.717, 1.165) is 9.20 Å². The number of anilines is 1. The minimum absolute atomic E-state index is 0.00946. The maximum Gasteiger partial charge on any atom is 0.264 e. The third-order valence-corrected chi connectivity index (χ3v) is 9.49. The molecule has 0 fully saturated rings. The first-order valence-electron chi connectivity index (χ1n) is 13.6. The van der Waals surface area contributed by atoms with E-state index in [-0.39, 0.29) is 23.7 Å². The van der Waals surface area contributed by atoms with Gasteiger partial charge < -0.3 is 15.0 Å². The summed E-state index contributed by atoms with van der Waals surface area (Å²) in [5, 5.41) is 3.63. The first kappa shape index (κ1) is 34.6. The maximum absolute atomic E-state index is 14.2. The molecule has 2 amide bonds. The largest absolute Gasteiger partial charge is 0.492 e. The summed E-state index contributed by atoms with van der Waals surface area (Å²) in [6.07, 6.45) is 1.89. The lowest BCUT2D eigenvalue weighted by Crippen LogP contribution is -2.54. The Bertz CT molecular complexity index is 1540. The molecular formula is C31H37Cl2N3O5S2. The van der Waals surface area contributed by atoms with Crippen molar-refractivity contribution < 1.29 is 22.7 Å². The van der Waals surface area contributed by atoms with Crippen molar-refractivity contribution in [2.75, 3.05) is 23.7 Å². The van der Waals surface area contributed by atoms with E-state index in [4.69, 9.17) is 27.9 Å². The molecule has 0 bridgehead atoms. The van der Waals surface area contributed by atoms with Crippen LogP contribution < -0.4 is 14.4 Å². The highest BCUT2D eigenvalue weighted by Gasteiger charge is 2.34. The predicted molar refractivity (Wildman–Crippen MR) is 175 cm³/mol. The average molecular weight is 667 g/mol. The SMILES string of the molecule is CCOc1ccccc1N(CC(=O)N(Cc1ccc(Cl)cc1Cl)[C@H](C)C(=O)NC(C)(C)C)S(=O)(=O)c1ccc(SC)cc1. The molecule has 0 aliphatic heterocycles. The van der Waals surface area contributed by atoms with Crippen molar-refractivity contribution in [3.8, 4) is 5.75 Å². The minimum Gasteiger partial charge on any atom is -0.492 e. The standard InChI is InChI=1S/C31H37Cl2N3O5S2/c1-7-41-28-11-9-8-10-27(28)36(43(39,40)25-16-14-24(42-6)15-17-25)20-29(37)35(21(2)30(38)34-31(3,4)5)19-22-12-13-23(32)18-26(22)33/h8-18,21H,7,19-20H2,1-6H3,(H,34,38)/t21-/m1/s1. The molecule has 0 aliphatic carbocycles. The van der Waals surface area contributed by atoms with Crippen LogP contribution in [0.2, 0.25) is 10.0 Å². The lowest BCUT2D eigenvalue weighted by molar-refractivity contribution is -0.140. The predicted octanol–water partition coefficient (Wildman–Crippen LogP) is 6.64. The number of sulfonamides is 1. The number of rotatable bonds is 12. The molecule has 0 spiro atoms. The van der Waals surface area contributed by atoms with Crippen LogP contribution in [0.1, 0.15) is 40.2 Å². The molecule has 0 heterocycles. The van der Waals surface area contributed by atoms with Gasteiger partial charge in [-0.2, -0.15) is 0 Å². The van der Waals surface area contributed by atoms with Crippen molar-refractivity contribution in [2.45, 2.75) is 62.5 Å². The molecule has 0 unspecified atom stereocenters. The number of para-hydroxylation sites is 2. The topological polar surface area (TPSA) is 96.0 Å². The lowest BCUT2D eigenvalue weighted by atomic mass is 10.1. The normalized spacial score (nSPS) is 12.4. The molecule has 3 rings (SSSR count). The van der Waals surface area contributed by atoms with Crippen LogP contribution in [0, 0.1) is 0 Å². The Kier molecular flexibility index (Phi) is 11.8. The Hall–Kier alpha value is -2.92. The second kappa shape index (κ2) is 14.7. The van der Waals surface area contributed by atoms with Gasteiger partial charge in [-0.3, -0.25) is 13.9 Å². The number of hydrogen-bond donors (Lipinski definition) is 1. The second-order valence-corrected chi connectivity index (χ2v) is 14.3. The summed E-state index contributed by atoms with van der Waals surface area (Å²) < 4.78 is 35.1. The molecule has 8 nitrogen and oxygen atoms in total. The van der Waals surface area contributed by atoms with Crippen LogP contribution in [0.4, 0.5) is 5.69 Å². The number of carbonyl (C=O) groups excluding carboxylic acids is 2. The molecule has 12 heteroatoms. The number of halogens is 2. The van der Waals surface area contributed by atoms with E-state index >= 15 is 0 Å². The van der Waals surface area contributed by atoms with Gasteiger partial charge >= 0.3 is 0 Å². The van der Waals surface area contributed by atoms with Gasteiger partial charge in [-0.25, -0.2) is 8.42 Å². The monoisotopic (exact) mass is 665 g/mol. The third kappa shape index (κ3) is 9.04. The molecule has 3 aromatic rings.